The molecule has 128 valence electrons. The van der Waals surface area contributed by atoms with Crippen molar-refractivity contribution < 1.29 is 13.2 Å². The van der Waals surface area contributed by atoms with Crippen molar-refractivity contribution in [2.24, 2.45) is 0 Å². The zero-order valence-corrected chi connectivity index (χ0v) is 14.9. The molecule has 1 aromatic rings. The van der Waals surface area contributed by atoms with Crippen LogP contribution in [0, 0.1) is 0 Å². The highest BCUT2D eigenvalue weighted by molar-refractivity contribution is 7.87. The number of amides is 1. The van der Waals surface area contributed by atoms with E-state index in [2.05, 4.69) is 9.62 Å². The summed E-state index contributed by atoms with van der Waals surface area (Å²) in [6.07, 6.45) is 0.460. The van der Waals surface area contributed by atoms with Gasteiger partial charge >= 0.3 is 0 Å². The van der Waals surface area contributed by atoms with Gasteiger partial charge in [0.1, 0.15) is 6.04 Å². The minimum atomic E-state index is -3.65. The van der Waals surface area contributed by atoms with E-state index in [1.165, 1.54) is 22.7 Å². The SMILES string of the molecule is CN1CCN(C(=O)[C@H]2C[C@@H](c3cccs3)NS(=O)(=O)N2C)CC1. The number of nitrogens with zero attached hydrogens (tertiary/aromatic N) is 3. The third kappa shape index (κ3) is 3.43. The minimum Gasteiger partial charge on any atom is -0.339 e. The first-order valence-electron chi connectivity index (χ1n) is 7.64. The van der Waals surface area contributed by atoms with Crippen LogP contribution in [0.25, 0.3) is 0 Å². The molecule has 0 unspecified atom stereocenters. The highest BCUT2D eigenvalue weighted by Crippen LogP contribution is 2.31. The van der Waals surface area contributed by atoms with E-state index in [-0.39, 0.29) is 11.9 Å². The number of likely N-dealkylation sites (N-methyl/N-ethyl adjacent to an activating group) is 2. The minimum absolute atomic E-state index is 0.0905. The lowest BCUT2D eigenvalue weighted by atomic mass is 10.0. The molecule has 23 heavy (non-hydrogen) atoms. The Morgan fingerprint density at radius 3 is 2.57 bits per heavy atom. The number of nitrogens with one attached hydrogen (secondary N) is 1. The summed E-state index contributed by atoms with van der Waals surface area (Å²) in [7, 11) is -0.147. The smallest absolute Gasteiger partial charge is 0.280 e. The number of carbonyl (C=O) groups is 1. The van der Waals surface area contributed by atoms with Gasteiger partial charge in [-0.15, -0.1) is 11.3 Å². The number of rotatable bonds is 2. The van der Waals surface area contributed by atoms with Gasteiger partial charge in [0, 0.05) is 38.1 Å². The molecule has 2 aliphatic heterocycles. The van der Waals surface area contributed by atoms with Gasteiger partial charge in [0.05, 0.1) is 6.04 Å². The van der Waals surface area contributed by atoms with Crippen molar-refractivity contribution in [3.05, 3.63) is 22.4 Å². The highest BCUT2D eigenvalue weighted by Gasteiger charge is 2.42. The van der Waals surface area contributed by atoms with Crippen molar-refractivity contribution in [1.82, 2.24) is 18.8 Å². The summed E-state index contributed by atoms with van der Waals surface area (Å²) in [5, 5.41) is 1.92. The van der Waals surface area contributed by atoms with Crippen molar-refractivity contribution in [2.45, 2.75) is 18.5 Å². The van der Waals surface area contributed by atoms with Crippen LogP contribution >= 0.6 is 11.3 Å². The molecule has 0 bridgehead atoms. The topological polar surface area (TPSA) is 73.0 Å². The Labute approximate surface area is 141 Å². The third-order valence-corrected chi connectivity index (χ3v) is 7.14. The van der Waals surface area contributed by atoms with Gasteiger partial charge in [-0.3, -0.25) is 4.79 Å². The van der Waals surface area contributed by atoms with Gasteiger partial charge in [0.25, 0.3) is 10.2 Å². The lowest BCUT2D eigenvalue weighted by molar-refractivity contribution is -0.137. The average Bonchev–Trinajstić information content (AvgIpc) is 3.04. The first kappa shape index (κ1) is 16.8. The molecule has 2 saturated heterocycles. The van der Waals surface area contributed by atoms with Crippen molar-refractivity contribution in [3.63, 3.8) is 0 Å². The number of carbonyl (C=O) groups excluding carboxylic acids is 1. The summed E-state index contributed by atoms with van der Waals surface area (Å²) >= 11 is 1.50. The zero-order chi connectivity index (χ0) is 16.6. The van der Waals surface area contributed by atoms with Gasteiger partial charge < -0.3 is 9.80 Å². The molecule has 9 heteroatoms. The fraction of sp³-hybridized carbons (Fsp3) is 0.643. The summed E-state index contributed by atoms with van der Waals surface area (Å²) in [6.45, 7) is 2.94. The van der Waals surface area contributed by atoms with Gasteiger partial charge in [-0.25, -0.2) is 0 Å². The first-order valence-corrected chi connectivity index (χ1v) is 9.96. The summed E-state index contributed by atoms with van der Waals surface area (Å²) in [5.74, 6) is -0.0905. The van der Waals surface area contributed by atoms with E-state index in [4.69, 9.17) is 0 Å². The van der Waals surface area contributed by atoms with Crippen LogP contribution in [0.3, 0.4) is 0 Å². The molecule has 0 aliphatic carbocycles. The van der Waals surface area contributed by atoms with Crippen molar-refractivity contribution in [3.8, 4) is 0 Å². The molecule has 2 aliphatic rings. The van der Waals surface area contributed by atoms with Crippen LogP contribution in [-0.4, -0.2) is 74.7 Å². The molecule has 7 nitrogen and oxygen atoms in total. The van der Waals surface area contributed by atoms with Gasteiger partial charge in [-0.05, 0) is 24.9 Å². The lowest BCUT2D eigenvalue weighted by Gasteiger charge is -2.40. The van der Waals surface area contributed by atoms with Gasteiger partial charge in [0.2, 0.25) is 5.91 Å². The molecule has 0 spiro atoms. The van der Waals surface area contributed by atoms with Gasteiger partial charge in [0.15, 0.2) is 0 Å². The van der Waals surface area contributed by atoms with E-state index in [1.807, 2.05) is 24.6 Å². The molecule has 0 aromatic carbocycles. The molecular formula is C14H22N4O3S2. The summed E-state index contributed by atoms with van der Waals surface area (Å²) in [6, 6.07) is 2.82. The zero-order valence-electron chi connectivity index (χ0n) is 13.3. The monoisotopic (exact) mass is 358 g/mol. The molecule has 1 N–H and O–H groups in total. The van der Waals surface area contributed by atoms with Crippen LogP contribution in [-0.2, 0) is 15.0 Å². The maximum atomic E-state index is 12.9. The predicted octanol–water partition coefficient (Wildman–Crippen LogP) is 0.102. The number of hydrogen-bond acceptors (Lipinski definition) is 5. The quantitative estimate of drug-likeness (QED) is 0.814. The number of thiophene rings is 1. The molecule has 0 saturated carbocycles. The predicted molar refractivity (Wildman–Crippen MR) is 89.4 cm³/mol. The van der Waals surface area contributed by atoms with Crippen LogP contribution in [0.1, 0.15) is 17.3 Å². The Balaban J connectivity index is 1.80. The molecule has 3 heterocycles. The Kier molecular flexibility index (Phi) is 4.75. The second kappa shape index (κ2) is 6.48. The molecule has 0 radical (unpaired) electrons. The second-order valence-corrected chi connectivity index (χ2v) is 8.83. The Morgan fingerprint density at radius 2 is 1.96 bits per heavy atom. The van der Waals surface area contributed by atoms with Crippen LogP contribution in [0.2, 0.25) is 0 Å². The fourth-order valence-electron chi connectivity index (χ4n) is 3.01. The lowest BCUT2D eigenvalue weighted by Crippen LogP contribution is -2.59. The molecule has 2 fully saturated rings. The Bertz CT molecular complexity index is 654. The second-order valence-electron chi connectivity index (χ2n) is 6.09. The van der Waals surface area contributed by atoms with Crippen molar-refractivity contribution in [2.75, 3.05) is 40.3 Å². The molecule has 2 atom stereocenters. The number of hydrogen-bond donors (Lipinski definition) is 1. The van der Waals surface area contributed by atoms with Crippen LogP contribution in [0.4, 0.5) is 0 Å². The van der Waals surface area contributed by atoms with Gasteiger partial charge in [-0.1, -0.05) is 6.07 Å². The van der Waals surface area contributed by atoms with Gasteiger partial charge in [-0.2, -0.15) is 17.4 Å². The third-order valence-electron chi connectivity index (χ3n) is 4.55. The van der Waals surface area contributed by atoms with Crippen LogP contribution in [0.5, 0.6) is 0 Å². The Morgan fingerprint density at radius 1 is 1.26 bits per heavy atom. The normalized spacial score (nSPS) is 29.6. The van der Waals surface area contributed by atoms with Crippen molar-refractivity contribution in [1.29, 1.82) is 0 Å². The molecule has 3 rings (SSSR count). The van der Waals surface area contributed by atoms with E-state index < -0.39 is 16.3 Å². The number of piperazine rings is 1. The molecule has 1 amide bonds. The largest absolute Gasteiger partial charge is 0.339 e. The highest BCUT2D eigenvalue weighted by atomic mass is 32.2. The van der Waals surface area contributed by atoms with E-state index in [0.29, 0.717) is 19.5 Å². The molecule has 1 aromatic heterocycles. The van der Waals surface area contributed by atoms with Crippen LogP contribution < -0.4 is 4.72 Å². The maximum absolute atomic E-state index is 12.9. The molecular weight excluding hydrogens is 336 g/mol. The van der Waals surface area contributed by atoms with E-state index in [0.717, 1.165) is 18.0 Å². The maximum Gasteiger partial charge on any atom is 0.280 e. The van der Waals surface area contributed by atoms with Crippen LogP contribution in [0.15, 0.2) is 17.5 Å². The summed E-state index contributed by atoms with van der Waals surface area (Å²) in [5.41, 5.74) is 0. The summed E-state index contributed by atoms with van der Waals surface area (Å²) < 4.78 is 28.6. The van der Waals surface area contributed by atoms with E-state index in [1.54, 1.807) is 4.90 Å². The van der Waals surface area contributed by atoms with Crippen molar-refractivity contribution >= 4 is 27.5 Å². The fourth-order valence-corrected chi connectivity index (χ4v) is 5.13. The first-order chi connectivity index (χ1) is 10.9. The standard InChI is InChI=1S/C14H22N4O3S2/c1-16-5-7-18(8-6-16)14(19)12-10-11(13-4-3-9-22-13)15-23(20,21)17(12)2/h3-4,9,11-12,15H,5-8,10H2,1-2H3/t11-,12+/m0/s1. The van der Waals surface area contributed by atoms with E-state index in [9.17, 15) is 13.2 Å². The van der Waals surface area contributed by atoms with E-state index >= 15 is 0 Å². The average molecular weight is 358 g/mol. The Hall–Kier alpha value is -1.00. The summed E-state index contributed by atoms with van der Waals surface area (Å²) in [4.78, 5) is 17.7.